The second-order valence-electron chi connectivity index (χ2n) is 11.3. The number of hydrogen-bond donors (Lipinski definition) is 1. The lowest BCUT2D eigenvalue weighted by atomic mass is 9.81. The number of carbonyl (C=O) groups excluding carboxylic acids is 3. The Labute approximate surface area is 253 Å². The molecule has 7 nitrogen and oxygen atoms in total. The van der Waals surface area contributed by atoms with Gasteiger partial charge in [0.25, 0.3) is 5.91 Å². The molecule has 0 saturated carbocycles. The van der Waals surface area contributed by atoms with Gasteiger partial charge in [0.1, 0.15) is 5.60 Å². The molecule has 9 heteroatoms. The Hall–Kier alpha value is -3.58. The van der Waals surface area contributed by atoms with Gasteiger partial charge in [-0.1, -0.05) is 108 Å². The first kappa shape index (κ1) is 31.4. The molecule has 0 bridgehead atoms. The number of esters is 1. The van der Waals surface area contributed by atoms with E-state index in [9.17, 15) is 14.4 Å². The Morgan fingerprint density at radius 3 is 1.93 bits per heavy atom. The molecule has 220 valence electrons. The Kier molecular flexibility index (Phi) is 9.21. The summed E-state index contributed by atoms with van der Waals surface area (Å²) in [6.45, 7) is 10.8. The zero-order chi connectivity index (χ0) is 30.7. The van der Waals surface area contributed by atoms with Crippen LogP contribution in [0, 0.1) is 13.8 Å². The lowest BCUT2D eigenvalue weighted by molar-refractivity contribution is -0.150. The number of benzene rings is 3. The van der Waals surface area contributed by atoms with E-state index in [0.717, 1.165) is 26.6 Å². The van der Waals surface area contributed by atoms with Crippen molar-refractivity contribution in [2.75, 3.05) is 13.2 Å². The zero-order valence-electron chi connectivity index (χ0n) is 24.8. The summed E-state index contributed by atoms with van der Waals surface area (Å²) >= 11 is 6.53. The Balaban J connectivity index is 2.01. The summed E-state index contributed by atoms with van der Waals surface area (Å²) < 4.78 is 11.3. The Morgan fingerprint density at radius 1 is 0.929 bits per heavy atom. The van der Waals surface area contributed by atoms with Crippen molar-refractivity contribution in [3.63, 3.8) is 0 Å². The van der Waals surface area contributed by atoms with E-state index in [2.05, 4.69) is 5.09 Å². The van der Waals surface area contributed by atoms with E-state index in [0.29, 0.717) is 5.56 Å². The molecule has 3 aromatic rings. The number of imide groups is 1. The molecule has 2 amide bonds. The van der Waals surface area contributed by atoms with Gasteiger partial charge in [0.05, 0.1) is 24.9 Å². The van der Waals surface area contributed by atoms with Crippen molar-refractivity contribution in [3.05, 3.63) is 107 Å². The minimum absolute atomic E-state index is 0.0593. The molecule has 42 heavy (non-hydrogen) atoms. The van der Waals surface area contributed by atoms with Gasteiger partial charge in [0.2, 0.25) is 0 Å². The summed E-state index contributed by atoms with van der Waals surface area (Å²) in [5.41, 5.74) is -0.289. The summed E-state index contributed by atoms with van der Waals surface area (Å²) in [5.74, 6) is -1.33. The molecule has 0 aliphatic carbocycles. The molecule has 1 aliphatic heterocycles. The summed E-state index contributed by atoms with van der Waals surface area (Å²) in [6.07, 6.45) is -2.21. The van der Waals surface area contributed by atoms with Crippen LogP contribution in [0.3, 0.4) is 0 Å². The Bertz CT molecular complexity index is 1500. The number of carbonyl (C=O) groups is 3. The number of nitrogens with one attached hydrogen (secondary N) is 1. The van der Waals surface area contributed by atoms with Crippen molar-refractivity contribution >= 4 is 46.6 Å². The van der Waals surface area contributed by atoms with Gasteiger partial charge < -0.3 is 9.47 Å². The molecule has 0 spiro atoms. The topological polar surface area (TPSA) is 84.9 Å². The van der Waals surface area contributed by atoms with E-state index in [-0.39, 0.29) is 18.7 Å². The molecule has 4 rings (SSSR count). The van der Waals surface area contributed by atoms with Crippen molar-refractivity contribution in [1.82, 2.24) is 9.99 Å². The number of aryl methyl sites for hydroxylation is 2. The van der Waals surface area contributed by atoms with Crippen LogP contribution in [0.5, 0.6) is 0 Å². The van der Waals surface area contributed by atoms with Gasteiger partial charge >= 0.3 is 12.1 Å². The smallest absolute Gasteiger partial charge is 0.417 e. The number of nitrogens with zero attached hydrogens (tertiary/aromatic N) is 1. The Morgan fingerprint density at radius 2 is 1.45 bits per heavy atom. The van der Waals surface area contributed by atoms with Gasteiger partial charge in [-0.2, -0.15) is 0 Å². The first-order valence-electron chi connectivity index (χ1n) is 13.8. The lowest BCUT2D eigenvalue weighted by Gasteiger charge is -2.39. The fraction of sp³-hybridized carbons (Fsp3) is 0.303. The zero-order valence-corrected chi connectivity index (χ0v) is 26.6. The van der Waals surface area contributed by atoms with E-state index in [4.69, 9.17) is 21.3 Å². The van der Waals surface area contributed by atoms with Crippen LogP contribution in [0.25, 0.3) is 0 Å². The highest BCUT2D eigenvalue weighted by molar-refractivity contribution is 8.21. The third kappa shape index (κ3) is 6.26. The average molecular weight is 605 g/mol. The van der Waals surface area contributed by atoms with E-state index >= 15 is 0 Å². The van der Waals surface area contributed by atoms with Crippen LogP contribution in [0.2, 0.25) is 0 Å². The van der Waals surface area contributed by atoms with Crippen molar-refractivity contribution in [3.8, 4) is 0 Å². The molecule has 0 radical (unpaired) electrons. The van der Waals surface area contributed by atoms with Crippen LogP contribution in [0.1, 0.15) is 44.4 Å². The largest absolute Gasteiger partial charge is 0.464 e. The fourth-order valence-corrected chi connectivity index (χ4v) is 8.76. The third-order valence-corrected chi connectivity index (χ3v) is 11.0. The lowest BCUT2D eigenvalue weighted by Crippen LogP contribution is -2.55. The highest BCUT2D eigenvalue weighted by atomic mass is 32.4. The normalized spacial score (nSPS) is 15.1. The average Bonchev–Trinajstić information content (AvgIpc) is 3.33. The molecule has 1 aliphatic rings. The van der Waals surface area contributed by atoms with Crippen LogP contribution < -0.4 is 15.7 Å². The molecular formula is C33H37N2O5PS. The minimum atomic E-state index is -3.02. The maximum absolute atomic E-state index is 14.4. The summed E-state index contributed by atoms with van der Waals surface area (Å²) in [7, 11) is 0. The van der Waals surface area contributed by atoms with Crippen LogP contribution in [-0.2, 0) is 36.4 Å². The van der Waals surface area contributed by atoms with Gasteiger partial charge in [-0.25, -0.2) is 14.5 Å². The van der Waals surface area contributed by atoms with E-state index in [1.54, 1.807) is 33.8 Å². The SMILES string of the molecule is CCOC(=O)C(NP(=S)(c1ccccc1)c1ccccc1)(C1=CCN(C(=O)OC(C)(C)C)C1=O)c1cc(C)cc(C)c1. The maximum atomic E-state index is 14.4. The first-order valence-corrected chi connectivity index (χ1v) is 16.6. The van der Waals surface area contributed by atoms with Crippen molar-refractivity contribution in [2.24, 2.45) is 0 Å². The van der Waals surface area contributed by atoms with Crippen LogP contribution in [-0.4, -0.2) is 41.6 Å². The van der Waals surface area contributed by atoms with Crippen molar-refractivity contribution in [2.45, 2.75) is 52.7 Å². The van der Waals surface area contributed by atoms with E-state index in [1.165, 1.54) is 0 Å². The highest BCUT2D eigenvalue weighted by Gasteiger charge is 2.54. The van der Waals surface area contributed by atoms with Crippen LogP contribution in [0.4, 0.5) is 4.79 Å². The van der Waals surface area contributed by atoms with E-state index < -0.39 is 35.3 Å². The highest BCUT2D eigenvalue weighted by Crippen LogP contribution is 2.48. The molecular weight excluding hydrogens is 567 g/mol. The number of hydrogen-bond acceptors (Lipinski definition) is 6. The second-order valence-corrected chi connectivity index (χ2v) is 15.4. The molecule has 1 atom stereocenters. The van der Waals surface area contributed by atoms with Crippen LogP contribution in [0.15, 0.2) is 90.5 Å². The van der Waals surface area contributed by atoms with Gasteiger partial charge in [0.15, 0.2) is 5.54 Å². The van der Waals surface area contributed by atoms with Crippen molar-refractivity contribution in [1.29, 1.82) is 0 Å². The molecule has 1 heterocycles. The molecule has 0 fully saturated rings. The molecule has 3 aromatic carbocycles. The quantitative estimate of drug-likeness (QED) is 0.272. The summed E-state index contributed by atoms with van der Waals surface area (Å²) in [4.78, 5) is 42.7. The predicted molar refractivity (Wildman–Crippen MR) is 170 cm³/mol. The van der Waals surface area contributed by atoms with Gasteiger partial charge in [0, 0.05) is 10.6 Å². The fourth-order valence-electron chi connectivity index (χ4n) is 5.06. The van der Waals surface area contributed by atoms with Gasteiger partial charge in [-0.3, -0.25) is 9.88 Å². The third-order valence-electron chi connectivity index (χ3n) is 6.77. The van der Waals surface area contributed by atoms with Gasteiger partial charge in [-0.15, -0.1) is 0 Å². The number of amides is 2. The monoisotopic (exact) mass is 604 g/mol. The second kappa shape index (κ2) is 12.3. The molecule has 0 aromatic heterocycles. The van der Waals surface area contributed by atoms with Crippen LogP contribution >= 0.6 is 6.19 Å². The molecule has 1 N–H and O–H groups in total. The van der Waals surface area contributed by atoms with Gasteiger partial charge in [-0.05, 0) is 47.1 Å². The number of rotatable bonds is 8. The van der Waals surface area contributed by atoms with E-state index in [1.807, 2.05) is 92.7 Å². The van der Waals surface area contributed by atoms with Crippen molar-refractivity contribution < 1.29 is 23.9 Å². The first-order chi connectivity index (χ1) is 19.8. The minimum Gasteiger partial charge on any atom is -0.464 e. The summed E-state index contributed by atoms with van der Waals surface area (Å²) in [6, 6.07) is 24.8. The number of ether oxygens (including phenoxy) is 2. The molecule has 0 saturated heterocycles. The standard InChI is InChI=1S/C33H37N2O5PS/c1-7-39-30(37)33(25-21-23(2)20-24(3)22-25,28-18-19-35(29(28)36)31(38)40-32(4,5)6)34-41(42,26-14-10-8-11-15-26)27-16-12-9-13-17-27/h8-18,20-22H,7,19H2,1-6H3,(H,34,42). The maximum Gasteiger partial charge on any atom is 0.417 e. The predicted octanol–water partition coefficient (Wildman–Crippen LogP) is 5.40. The molecule has 1 unspecified atom stereocenters. The summed E-state index contributed by atoms with van der Waals surface area (Å²) in [5, 5.41) is 5.21.